The van der Waals surface area contributed by atoms with Gasteiger partial charge in [0.1, 0.15) is 5.75 Å². The third kappa shape index (κ3) is 8.17. The number of alkyl halides is 3. The van der Waals surface area contributed by atoms with E-state index in [0.717, 1.165) is 17.7 Å². The van der Waals surface area contributed by atoms with Gasteiger partial charge in [0, 0.05) is 26.1 Å². The zero-order valence-corrected chi connectivity index (χ0v) is 25.3. The van der Waals surface area contributed by atoms with Crippen LogP contribution in [0, 0.1) is 6.92 Å². The molecule has 8 nitrogen and oxygen atoms in total. The van der Waals surface area contributed by atoms with Crippen molar-refractivity contribution in [1.82, 2.24) is 4.90 Å². The lowest BCUT2D eigenvalue weighted by Gasteiger charge is -2.17. The smallest absolute Gasteiger partial charge is 0.416 e. The normalized spacial score (nSPS) is 11.1. The minimum atomic E-state index is -4.49. The van der Waals surface area contributed by atoms with E-state index in [1.807, 2.05) is 0 Å². The number of nitrogens with zero attached hydrogens (tertiary/aromatic N) is 1. The molecule has 4 rings (SSSR count). The number of ether oxygens (including phenoxy) is 1. The van der Waals surface area contributed by atoms with E-state index in [0.29, 0.717) is 29.5 Å². The Balaban J connectivity index is 1.48. The molecule has 2 N–H and O–H groups in total. The number of anilines is 1. The molecule has 4 aromatic carbocycles. The van der Waals surface area contributed by atoms with Crippen LogP contribution in [0.3, 0.4) is 0 Å². The van der Waals surface area contributed by atoms with Gasteiger partial charge in [0.15, 0.2) is 0 Å². The van der Waals surface area contributed by atoms with Crippen molar-refractivity contribution in [3.05, 3.63) is 118 Å². The van der Waals surface area contributed by atoms with Crippen LogP contribution in [0.2, 0.25) is 0 Å². The molecular weight excluding hydrogens is 601 g/mol. The number of nitrogens with one attached hydrogen (secondary N) is 1. The summed E-state index contributed by atoms with van der Waals surface area (Å²) in [5.41, 5.74) is 2.06. The van der Waals surface area contributed by atoms with Crippen molar-refractivity contribution < 1.29 is 42.2 Å². The van der Waals surface area contributed by atoms with Gasteiger partial charge in [-0.25, -0.2) is 4.79 Å². The summed E-state index contributed by atoms with van der Waals surface area (Å²) in [5.74, 6) is -2.22. The Morgan fingerprint density at radius 2 is 1.57 bits per heavy atom. The molecule has 0 spiro atoms. The van der Waals surface area contributed by atoms with Crippen LogP contribution in [0.1, 0.15) is 60.6 Å². The summed E-state index contributed by atoms with van der Waals surface area (Å²) in [6.45, 7) is 1.64. The van der Waals surface area contributed by atoms with Gasteiger partial charge in [-0.3, -0.25) is 14.4 Å². The molecule has 4 aromatic rings. The van der Waals surface area contributed by atoms with Gasteiger partial charge in [-0.2, -0.15) is 13.2 Å². The summed E-state index contributed by atoms with van der Waals surface area (Å²) in [7, 11) is 3.14. The van der Waals surface area contributed by atoms with Crippen LogP contribution in [0.5, 0.6) is 5.75 Å². The molecule has 0 aliphatic rings. The average molecular weight is 633 g/mol. The number of benzene rings is 4. The number of esters is 1. The number of rotatable bonds is 10. The SMILES string of the molecule is Cc1cc(C(=O)O)ccc1OC(=O)CCCc1ccc(NC(=O)c2ccccc2-c2ccc(C(F)(F)F)cc2)c(C(=O)N(C)C)c1. The van der Waals surface area contributed by atoms with E-state index in [4.69, 9.17) is 9.84 Å². The average Bonchev–Trinajstić information content (AvgIpc) is 3.01. The van der Waals surface area contributed by atoms with Gasteiger partial charge in [0.2, 0.25) is 0 Å². The number of hydrogen-bond acceptors (Lipinski definition) is 5. The maximum Gasteiger partial charge on any atom is 0.416 e. The molecule has 0 aromatic heterocycles. The second-order valence-electron chi connectivity index (χ2n) is 10.8. The third-order valence-electron chi connectivity index (χ3n) is 7.16. The molecule has 11 heteroatoms. The van der Waals surface area contributed by atoms with Gasteiger partial charge in [-0.15, -0.1) is 0 Å². The Morgan fingerprint density at radius 1 is 0.870 bits per heavy atom. The number of amides is 2. The Morgan fingerprint density at radius 3 is 2.20 bits per heavy atom. The molecule has 0 atom stereocenters. The molecule has 46 heavy (non-hydrogen) atoms. The van der Waals surface area contributed by atoms with Crippen LogP contribution in [-0.4, -0.2) is 47.9 Å². The summed E-state index contributed by atoms with van der Waals surface area (Å²) >= 11 is 0. The number of halogens is 3. The van der Waals surface area contributed by atoms with Crippen LogP contribution >= 0.6 is 0 Å². The molecule has 0 aliphatic carbocycles. The van der Waals surface area contributed by atoms with E-state index >= 15 is 0 Å². The van der Waals surface area contributed by atoms with Gasteiger partial charge >= 0.3 is 18.1 Å². The van der Waals surface area contributed by atoms with E-state index in [1.165, 1.54) is 35.2 Å². The van der Waals surface area contributed by atoms with E-state index < -0.39 is 29.6 Å². The minimum Gasteiger partial charge on any atom is -0.478 e. The first-order valence-corrected chi connectivity index (χ1v) is 14.2. The van der Waals surface area contributed by atoms with Crippen LogP contribution in [-0.2, 0) is 17.4 Å². The lowest BCUT2D eigenvalue weighted by atomic mass is 9.97. The minimum absolute atomic E-state index is 0.0658. The lowest BCUT2D eigenvalue weighted by Crippen LogP contribution is -2.24. The molecule has 0 unspecified atom stereocenters. The second kappa shape index (κ2) is 14.1. The number of hydrogen-bond donors (Lipinski definition) is 2. The Labute approximate surface area is 263 Å². The Kier molecular flexibility index (Phi) is 10.3. The standard InChI is InChI=1S/C35H31F3N2O6/c1-21-19-24(34(44)45)14-18-30(21)46-31(41)10-6-7-22-11-17-29(28(20-22)33(43)40(2)3)39-32(42)27-9-5-4-8-26(27)23-12-15-25(16-13-23)35(36,37)38/h4-5,8-9,11-20H,6-7,10H2,1-3H3,(H,39,42)(H,44,45). The predicted octanol–water partition coefficient (Wildman–Crippen LogP) is 7.26. The highest BCUT2D eigenvalue weighted by molar-refractivity contribution is 6.11. The number of carbonyl (C=O) groups is 4. The quantitative estimate of drug-likeness (QED) is 0.141. The van der Waals surface area contributed by atoms with Gasteiger partial charge in [-0.05, 0) is 90.6 Å². The first-order chi connectivity index (χ1) is 21.7. The molecule has 0 aliphatic heterocycles. The van der Waals surface area contributed by atoms with Crippen LogP contribution in [0.4, 0.5) is 18.9 Å². The summed E-state index contributed by atoms with van der Waals surface area (Å²) < 4.78 is 44.6. The van der Waals surface area contributed by atoms with E-state index in [-0.39, 0.29) is 40.5 Å². The first kappa shape index (κ1) is 33.4. The molecule has 0 fully saturated rings. The molecule has 2 amide bonds. The zero-order valence-electron chi connectivity index (χ0n) is 25.3. The van der Waals surface area contributed by atoms with Crippen molar-refractivity contribution in [3.8, 4) is 16.9 Å². The topological polar surface area (TPSA) is 113 Å². The molecule has 238 valence electrons. The number of carboxylic acids is 1. The van der Waals surface area contributed by atoms with Gasteiger partial charge < -0.3 is 20.1 Å². The highest BCUT2D eigenvalue weighted by Gasteiger charge is 2.30. The van der Waals surface area contributed by atoms with Crippen molar-refractivity contribution in [2.45, 2.75) is 32.4 Å². The molecule has 0 bridgehead atoms. The fraction of sp³-hybridized carbons (Fsp3) is 0.200. The van der Waals surface area contributed by atoms with Gasteiger partial charge in [0.05, 0.1) is 22.4 Å². The molecule has 0 heterocycles. The Bertz CT molecular complexity index is 1780. The van der Waals surface area contributed by atoms with E-state index in [1.54, 1.807) is 63.5 Å². The summed E-state index contributed by atoms with van der Waals surface area (Å²) in [4.78, 5) is 51.5. The summed E-state index contributed by atoms with van der Waals surface area (Å²) in [5, 5.41) is 11.9. The third-order valence-corrected chi connectivity index (χ3v) is 7.16. The van der Waals surface area contributed by atoms with Crippen molar-refractivity contribution in [2.24, 2.45) is 0 Å². The van der Waals surface area contributed by atoms with Crippen molar-refractivity contribution >= 4 is 29.4 Å². The maximum atomic E-state index is 13.4. The molecule has 0 saturated carbocycles. The monoisotopic (exact) mass is 632 g/mol. The van der Waals surface area contributed by atoms with Gasteiger partial charge in [-0.1, -0.05) is 36.4 Å². The van der Waals surface area contributed by atoms with Gasteiger partial charge in [0.25, 0.3) is 11.8 Å². The highest BCUT2D eigenvalue weighted by Crippen LogP contribution is 2.32. The lowest BCUT2D eigenvalue weighted by molar-refractivity contribution is -0.137. The summed E-state index contributed by atoms with van der Waals surface area (Å²) in [6, 6.07) is 20.2. The van der Waals surface area contributed by atoms with Crippen molar-refractivity contribution in [2.75, 3.05) is 19.4 Å². The fourth-order valence-electron chi connectivity index (χ4n) is 4.74. The van der Waals surface area contributed by atoms with E-state index in [2.05, 4.69) is 5.32 Å². The Hall–Kier alpha value is -5.45. The largest absolute Gasteiger partial charge is 0.478 e. The van der Waals surface area contributed by atoms with Crippen LogP contribution < -0.4 is 10.1 Å². The second-order valence-corrected chi connectivity index (χ2v) is 10.8. The predicted molar refractivity (Wildman–Crippen MR) is 166 cm³/mol. The van der Waals surface area contributed by atoms with Crippen molar-refractivity contribution in [3.63, 3.8) is 0 Å². The number of carboxylic acid groups (broad SMARTS) is 1. The van der Waals surface area contributed by atoms with Crippen LogP contribution in [0.15, 0.2) is 84.9 Å². The summed E-state index contributed by atoms with van der Waals surface area (Å²) in [6.07, 6.45) is -3.61. The van der Waals surface area contributed by atoms with Crippen LogP contribution in [0.25, 0.3) is 11.1 Å². The fourth-order valence-corrected chi connectivity index (χ4v) is 4.74. The zero-order chi connectivity index (χ0) is 33.6. The maximum absolute atomic E-state index is 13.4. The van der Waals surface area contributed by atoms with Crippen molar-refractivity contribution in [1.29, 1.82) is 0 Å². The van der Waals surface area contributed by atoms with E-state index in [9.17, 15) is 32.3 Å². The number of aromatic carboxylic acids is 1. The molecule has 0 radical (unpaired) electrons. The first-order valence-electron chi connectivity index (χ1n) is 14.2. The molecular formula is C35H31F3N2O6. The molecule has 0 saturated heterocycles. The number of carbonyl (C=O) groups excluding carboxylic acids is 3. The number of aryl methyl sites for hydroxylation is 2. The highest BCUT2D eigenvalue weighted by atomic mass is 19.4.